The van der Waals surface area contributed by atoms with E-state index in [2.05, 4.69) is 20.3 Å². The van der Waals surface area contributed by atoms with Crippen LogP contribution in [0.25, 0.3) is 16.7 Å². The number of amides is 1. The molecule has 0 unspecified atom stereocenters. The van der Waals surface area contributed by atoms with Crippen LogP contribution >= 0.6 is 0 Å². The summed E-state index contributed by atoms with van der Waals surface area (Å²) in [5, 5.41) is 4.07. The number of methoxy groups -OCH3 is 3. The highest BCUT2D eigenvalue weighted by atomic mass is 16.5. The minimum absolute atomic E-state index is 0.378. The van der Waals surface area contributed by atoms with Crippen LogP contribution in [0.1, 0.15) is 12.8 Å². The number of ether oxygens (including phenoxy) is 3. The minimum atomic E-state index is -0.422. The molecular formula is C23H26N8O4. The van der Waals surface area contributed by atoms with Gasteiger partial charge in [0.05, 0.1) is 38.6 Å². The number of fused-ring (bicyclic) bond motifs is 1. The van der Waals surface area contributed by atoms with Crippen molar-refractivity contribution in [3.63, 3.8) is 0 Å². The Kier molecular flexibility index (Phi) is 5.77. The molecule has 1 atom stereocenters. The van der Waals surface area contributed by atoms with Crippen molar-refractivity contribution in [3.8, 4) is 22.9 Å². The zero-order valence-corrected chi connectivity index (χ0v) is 19.6. The number of aromatic amines is 1. The summed E-state index contributed by atoms with van der Waals surface area (Å²) < 4.78 is 18.1. The highest BCUT2D eigenvalue weighted by Crippen LogP contribution is 2.39. The molecule has 4 heterocycles. The maximum absolute atomic E-state index is 11.9. The van der Waals surface area contributed by atoms with Crippen molar-refractivity contribution in [1.29, 1.82) is 0 Å². The molecule has 1 aliphatic heterocycles. The molecule has 0 spiro atoms. The van der Waals surface area contributed by atoms with Gasteiger partial charge in [-0.05, 0) is 18.9 Å². The average molecular weight is 479 g/mol. The summed E-state index contributed by atoms with van der Waals surface area (Å²) in [6.07, 6.45) is 6.81. The molecule has 1 aliphatic rings. The van der Waals surface area contributed by atoms with E-state index in [1.807, 2.05) is 33.9 Å². The number of nitrogens with one attached hydrogen (secondary N) is 2. The van der Waals surface area contributed by atoms with Gasteiger partial charge < -0.3 is 39.7 Å². The van der Waals surface area contributed by atoms with Crippen LogP contribution in [0.15, 0.2) is 36.9 Å². The van der Waals surface area contributed by atoms with Gasteiger partial charge in [0.1, 0.15) is 29.7 Å². The fraction of sp³-hybridized carbons (Fsp3) is 0.304. The quantitative estimate of drug-likeness (QED) is 0.347. The van der Waals surface area contributed by atoms with Gasteiger partial charge in [-0.25, -0.2) is 4.98 Å². The third kappa shape index (κ3) is 4.03. The van der Waals surface area contributed by atoms with Crippen LogP contribution in [-0.4, -0.2) is 64.3 Å². The Morgan fingerprint density at radius 1 is 1.17 bits per heavy atom. The third-order valence-corrected chi connectivity index (χ3v) is 6.02. The van der Waals surface area contributed by atoms with Crippen molar-refractivity contribution >= 4 is 34.5 Å². The van der Waals surface area contributed by atoms with Crippen molar-refractivity contribution in [2.45, 2.75) is 18.9 Å². The van der Waals surface area contributed by atoms with Gasteiger partial charge in [-0.15, -0.1) is 0 Å². The van der Waals surface area contributed by atoms with Crippen LogP contribution in [0.3, 0.4) is 0 Å². The van der Waals surface area contributed by atoms with Gasteiger partial charge in [0.2, 0.25) is 17.6 Å². The lowest BCUT2D eigenvalue weighted by atomic mass is 10.2. The largest absolute Gasteiger partial charge is 0.493 e. The number of nitrogens with zero attached hydrogens (tertiary/aromatic N) is 5. The Balaban J connectivity index is 1.48. The van der Waals surface area contributed by atoms with Crippen molar-refractivity contribution in [2.75, 3.05) is 38.1 Å². The lowest BCUT2D eigenvalue weighted by Gasteiger charge is -2.22. The van der Waals surface area contributed by atoms with Gasteiger partial charge in [0, 0.05) is 24.9 Å². The van der Waals surface area contributed by atoms with Crippen LogP contribution in [-0.2, 0) is 4.79 Å². The van der Waals surface area contributed by atoms with Gasteiger partial charge in [-0.3, -0.25) is 4.79 Å². The number of aromatic nitrogens is 5. The molecule has 0 bridgehead atoms. The smallest absolute Gasteiger partial charge is 0.240 e. The Bertz CT molecular complexity index is 1360. The van der Waals surface area contributed by atoms with E-state index in [1.165, 1.54) is 0 Å². The van der Waals surface area contributed by atoms with E-state index in [0.29, 0.717) is 53.4 Å². The number of carbonyl (C=O) groups excluding carboxylic acids is 1. The number of hydrogen-bond acceptors (Lipinski definition) is 9. The van der Waals surface area contributed by atoms with E-state index < -0.39 is 6.04 Å². The van der Waals surface area contributed by atoms with Crippen LogP contribution in [0.5, 0.6) is 17.2 Å². The number of primary amides is 1. The predicted molar refractivity (Wildman–Crippen MR) is 130 cm³/mol. The number of H-pyrrole nitrogens is 1. The first-order valence-corrected chi connectivity index (χ1v) is 11.0. The fourth-order valence-corrected chi connectivity index (χ4v) is 4.32. The first kappa shape index (κ1) is 22.3. The van der Waals surface area contributed by atoms with Crippen LogP contribution in [0, 0.1) is 0 Å². The number of benzene rings is 1. The molecule has 4 N–H and O–H groups in total. The van der Waals surface area contributed by atoms with Crippen molar-refractivity contribution in [3.05, 3.63) is 36.9 Å². The minimum Gasteiger partial charge on any atom is -0.493 e. The zero-order valence-electron chi connectivity index (χ0n) is 19.6. The van der Waals surface area contributed by atoms with Crippen molar-refractivity contribution < 1.29 is 19.0 Å². The summed E-state index contributed by atoms with van der Waals surface area (Å²) in [7, 11) is 4.70. The Hall–Kier alpha value is -4.48. The van der Waals surface area contributed by atoms with E-state index in [9.17, 15) is 4.79 Å². The normalized spacial score (nSPS) is 15.4. The number of nitrogens with two attached hydrogens (primary N) is 1. The molecule has 1 aromatic carbocycles. The van der Waals surface area contributed by atoms with Gasteiger partial charge in [-0.1, -0.05) is 0 Å². The average Bonchev–Trinajstić information content (AvgIpc) is 3.63. The molecular weight excluding hydrogens is 452 g/mol. The van der Waals surface area contributed by atoms with Gasteiger partial charge in [0.15, 0.2) is 11.5 Å². The van der Waals surface area contributed by atoms with E-state index in [0.717, 1.165) is 17.5 Å². The second kappa shape index (κ2) is 9.05. The Morgan fingerprint density at radius 3 is 2.63 bits per heavy atom. The third-order valence-electron chi connectivity index (χ3n) is 6.02. The molecule has 182 valence electrons. The monoisotopic (exact) mass is 478 g/mol. The first-order valence-electron chi connectivity index (χ1n) is 11.0. The number of carbonyl (C=O) groups is 1. The fourth-order valence-electron chi connectivity index (χ4n) is 4.32. The molecule has 1 fully saturated rings. The summed E-state index contributed by atoms with van der Waals surface area (Å²) in [5.74, 6) is 2.78. The van der Waals surface area contributed by atoms with Crippen LogP contribution in [0.2, 0.25) is 0 Å². The molecule has 0 radical (unpaired) electrons. The Labute approximate surface area is 201 Å². The maximum Gasteiger partial charge on any atom is 0.240 e. The number of rotatable bonds is 8. The van der Waals surface area contributed by atoms with Crippen molar-refractivity contribution in [1.82, 2.24) is 24.5 Å². The summed E-state index contributed by atoms with van der Waals surface area (Å²) in [6, 6.07) is 5.12. The maximum atomic E-state index is 11.9. The molecule has 1 amide bonds. The van der Waals surface area contributed by atoms with Gasteiger partial charge in [0.25, 0.3) is 0 Å². The molecule has 3 aromatic heterocycles. The topological polar surface area (TPSA) is 145 Å². The number of imidazole rings is 1. The molecule has 4 aromatic rings. The molecule has 0 saturated carbocycles. The van der Waals surface area contributed by atoms with Crippen molar-refractivity contribution in [2.24, 2.45) is 5.73 Å². The SMILES string of the molecule is COc1cc(-n2cnc(Nc3nc(N4CCC[C@H]4C(N)=O)nc4[nH]ccc34)c2)cc(OC)c1OC. The molecule has 12 heteroatoms. The molecule has 1 saturated heterocycles. The second-order valence-electron chi connectivity index (χ2n) is 8.04. The predicted octanol–water partition coefficient (Wildman–Crippen LogP) is 2.37. The summed E-state index contributed by atoms with van der Waals surface area (Å²) in [4.78, 5) is 30.7. The van der Waals surface area contributed by atoms with Gasteiger partial charge >= 0.3 is 0 Å². The number of anilines is 3. The van der Waals surface area contributed by atoms with Crippen LogP contribution < -0.4 is 30.2 Å². The second-order valence-corrected chi connectivity index (χ2v) is 8.04. The molecule has 12 nitrogen and oxygen atoms in total. The van der Waals surface area contributed by atoms with E-state index in [-0.39, 0.29) is 5.91 Å². The summed E-state index contributed by atoms with van der Waals surface area (Å²) in [6.45, 7) is 0.662. The lowest BCUT2D eigenvalue weighted by Crippen LogP contribution is -2.41. The molecule has 5 rings (SSSR count). The standard InChI is InChI=1S/C23H26N8O4/c1-33-16-9-13(10-17(34-2)19(16)35-3)30-11-18(26-12-30)27-22-14-6-7-25-21(14)28-23(29-22)31-8-4-5-15(31)20(24)32/h6-7,9-12,15H,4-5,8H2,1-3H3,(H2,24,32)(H2,25,27,28,29)/t15-/m0/s1. The molecule has 0 aliphatic carbocycles. The Morgan fingerprint density at radius 2 is 1.94 bits per heavy atom. The summed E-state index contributed by atoms with van der Waals surface area (Å²) >= 11 is 0. The van der Waals surface area contributed by atoms with Gasteiger partial charge in [-0.2, -0.15) is 9.97 Å². The lowest BCUT2D eigenvalue weighted by molar-refractivity contribution is -0.119. The zero-order chi connectivity index (χ0) is 24.5. The van der Waals surface area contributed by atoms with E-state index in [4.69, 9.17) is 24.9 Å². The highest BCUT2D eigenvalue weighted by Gasteiger charge is 2.31. The van der Waals surface area contributed by atoms with Crippen LogP contribution in [0.4, 0.5) is 17.6 Å². The van der Waals surface area contributed by atoms with E-state index >= 15 is 0 Å². The number of hydrogen-bond donors (Lipinski definition) is 3. The summed E-state index contributed by atoms with van der Waals surface area (Å²) in [5.41, 5.74) is 7.02. The molecule has 35 heavy (non-hydrogen) atoms. The first-order chi connectivity index (χ1) is 17.0. The van der Waals surface area contributed by atoms with E-state index in [1.54, 1.807) is 33.9 Å². The highest BCUT2D eigenvalue weighted by molar-refractivity contribution is 5.90.